The molecule has 6 nitrogen and oxygen atoms in total. The second-order valence-electron chi connectivity index (χ2n) is 16.1. The molecular formula is C46H92CaN2O4. The maximum atomic E-state index is 10.6. The smallest absolute Gasteiger partial charge is 0.550 e. The summed E-state index contributed by atoms with van der Waals surface area (Å²) in [6.07, 6.45) is 38.6. The quantitative estimate of drug-likeness (QED) is 0.0455. The first kappa shape index (κ1) is 57.4. The number of hydrogen-bond donors (Lipinski definition) is 0. The molecule has 0 heterocycles. The van der Waals surface area contributed by atoms with Crippen molar-refractivity contribution in [2.45, 2.75) is 259 Å². The fourth-order valence-corrected chi connectivity index (χ4v) is 7.27. The molecule has 0 bridgehead atoms. The van der Waals surface area contributed by atoms with Gasteiger partial charge in [0, 0.05) is 24.0 Å². The van der Waals surface area contributed by atoms with Crippen LogP contribution >= 0.6 is 0 Å². The van der Waals surface area contributed by atoms with Crippen molar-refractivity contribution in [3.8, 4) is 0 Å². The van der Waals surface area contributed by atoms with Gasteiger partial charge < -0.3 is 29.6 Å². The molecule has 53 heavy (non-hydrogen) atoms. The fourth-order valence-electron chi connectivity index (χ4n) is 7.27. The largest absolute Gasteiger partial charge is 2.00 e. The molecule has 0 aliphatic heterocycles. The summed E-state index contributed by atoms with van der Waals surface area (Å²) in [7, 11) is 0. The van der Waals surface area contributed by atoms with E-state index in [-0.39, 0.29) is 50.6 Å². The van der Waals surface area contributed by atoms with E-state index in [0.717, 1.165) is 38.5 Å². The molecule has 0 rings (SSSR count). The van der Waals surface area contributed by atoms with Gasteiger partial charge in [-0.15, -0.1) is 0 Å². The molecule has 0 spiro atoms. The monoisotopic (exact) mass is 777 g/mol. The van der Waals surface area contributed by atoms with E-state index in [1.165, 1.54) is 180 Å². The van der Waals surface area contributed by atoms with Crippen LogP contribution in [0.5, 0.6) is 0 Å². The summed E-state index contributed by atoms with van der Waals surface area (Å²) in [5.74, 6) is -1.82. The third kappa shape index (κ3) is 44.7. The number of nitrogens with zero attached hydrogens (tertiary/aromatic N) is 2. The first-order valence-electron chi connectivity index (χ1n) is 23.1. The molecule has 7 heteroatoms. The normalized spacial score (nSPS) is 12.4. The first-order valence-corrected chi connectivity index (χ1v) is 23.1. The molecule has 0 amide bonds. The molecule has 2 unspecified atom stereocenters. The average Bonchev–Trinajstić information content (AvgIpc) is 3.12. The summed E-state index contributed by atoms with van der Waals surface area (Å²) in [5.41, 5.74) is 0. The van der Waals surface area contributed by atoms with Crippen molar-refractivity contribution in [1.29, 1.82) is 0 Å². The van der Waals surface area contributed by atoms with Gasteiger partial charge >= 0.3 is 37.7 Å². The number of hydrogen-bond acceptors (Lipinski definition) is 6. The number of aliphatic carboxylic acids is 2. The second-order valence-corrected chi connectivity index (χ2v) is 16.1. The Labute approximate surface area is 362 Å². The van der Waals surface area contributed by atoms with E-state index in [1.807, 2.05) is 0 Å². The molecule has 0 aromatic heterocycles. The van der Waals surface area contributed by atoms with Gasteiger partial charge in [-0.2, -0.15) is 0 Å². The molecule has 0 aliphatic rings. The van der Waals surface area contributed by atoms with Crippen molar-refractivity contribution in [2.75, 3.05) is 26.2 Å². The van der Waals surface area contributed by atoms with Crippen LogP contribution in [0.3, 0.4) is 0 Å². The molecule has 0 saturated heterocycles. The van der Waals surface area contributed by atoms with Gasteiger partial charge in [-0.25, -0.2) is 0 Å². The summed E-state index contributed by atoms with van der Waals surface area (Å²) in [6.45, 7) is 18.6. The Kier molecular flexibility index (Phi) is 50.4. The van der Waals surface area contributed by atoms with E-state index >= 15 is 0 Å². The zero-order valence-corrected chi connectivity index (χ0v) is 39.1. The Balaban J connectivity index is -0.000000926. The third-order valence-corrected chi connectivity index (χ3v) is 10.9. The van der Waals surface area contributed by atoms with Crippen LogP contribution in [0.2, 0.25) is 0 Å². The van der Waals surface area contributed by atoms with Gasteiger partial charge in [-0.1, -0.05) is 169 Å². The molecule has 2 atom stereocenters. The molecule has 0 N–H and O–H groups in total. The number of rotatable bonds is 40. The minimum Gasteiger partial charge on any atom is -0.550 e. The number of carboxylic acid groups (broad SMARTS) is 2. The van der Waals surface area contributed by atoms with Crippen LogP contribution in [-0.4, -0.2) is 97.7 Å². The average molecular weight is 777 g/mol. The molecule has 0 radical (unpaired) electrons. The van der Waals surface area contributed by atoms with Gasteiger partial charge in [0.15, 0.2) is 0 Å². The summed E-state index contributed by atoms with van der Waals surface area (Å²) in [5, 5.41) is 21.1. The van der Waals surface area contributed by atoms with Crippen molar-refractivity contribution >= 4 is 49.7 Å². The van der Waals surface area contributed by atoms with Crippen LogP contribution in [-0.2, 0) is 9.59 Å². The first-order chi connectivity index (χ1) is 25.2. The Hall–Kier alpha value is 0.120. The van der Waals surface area contributed by atoms with E-state index in [1.54, 1.807) is 0 Å². The minimum atomic E-state index is -0.909. The standard InChI is InChI=1S/2C23H47NO2.Ca/c2*1-4-6-8-10-12-16-20-24(21-17-13-11-9-7-5-2)22(3)18-14-15-19-23(25)26;/h2*22H,4-21H2,1-3H3,(H,25,26);/q;;+2/p-2. The maximum Gasteiger partial charge on any atom is 2.00 e. The number of carbonyl (C=O) groups is 2. The van der Waals surface area contributed by atoms with Crippen molar-refractivity contribution < 1.29 is 19.8 Å². The van der Waals surface area contributed by atoms with Crippen molar-refractivity contribution in [2.24, 2.45) is 0 Å². The number of unbranched alkanes of at least 4 members (excludes halogenated alkanes) is 22. The van der Waals surface area contributed by atoms with E-state index in [0.29, 0.717) is 12.1 Å². The summed E-state index contributed by atoms with van der Waals surface area (Å²) in [4.78, 5) is 26.4. The number of carboxylic acids is 2. The summed E-state index contributed by atoms with van der Waals surface area (Å²) in [6, 6.07) is 1.14. The molecule has 0 aromatic carbocycles. The Morgan fingerprint density at radius 3 is 0.830 bits per heavy atom. The van der Waals surface area contributed by atoms with E-state index in [2.05, 4.69) is 51.3 Å². The summed E-state index contributed by atoms with van der Waals surface area (Å²) >= 11 is 0. The molecule has 312 valence electrons. The van der Waals surface area contributed by atoms with Crippen molar-refractivity contribution in [3.63, 3.8) is 0 Å². The molecular weight excluding hydrogens is 685 g/mol. The Morgan fingerprint density at radius 2 is 0.604 bits per heavy atom. The maximum absolute atomic E-state index is 10.6. The van der Waals surface area contributed by atoms with Gasteiger partial charge in [0.2, 0.25) is 0 Å². The van der Waals surface area contributed by atoms with Crippen LogP contribution in [0.15, 0.2) is 0 Å². The fraction of sp³-hybridized carbons (Fsp3) is 0.957. The molecule has 0 saturated carbocycles. The topological polar surface area (TPSA) is 86.7 Å². The predicted molar refractivity (Wildman–Crippen MR) is 228 cm³/mol. The van der Waals surface area contributed by atoms with Crippen molar-refractivity contribution in [1.82, 2.24) is 9.80 Å². The molecule has 0 fully saturated rings. The van der Waals surface area contributed by atoms with Gasteiger partial charge in [-0.05, 0) is 104 Å². The van der Waals surface area contributed by atoms with E-state index in [4.69, 9.17) is 0 Å². The van der Waals surface area contributed by atoms with Crippen LogP contribution in [0, 0.1) is 0 Å². The van der Waals surface area contributed by atoms with Gasteiger partial charge in [0.25, 0.3) is 0 Å². The molecule has 0 aromatic rings. The van der Waals surface area contributed by atoms with E-state index < -0.39 is 11.9 Å². The minimum absolute atomic E-state index is 0. The Morgan fingerprint density at radius 1 is 0.377 bits per heavy atom. The zero-order chi connectivity index (χ0) is 38.9. The number of carbonyl (C=O) groups excluding carboxylic acids is 2. The van der Waals surface area contributed by atoms with Crippen LogP contribution < -0.4 is 10.2 Å². The van der Waals surface area contributed by atoms with Crippen LogP contribution in [0.1, 0.15) is 247 Å². The van der Waals surface area contributed by atoms with Gasteiger partial charge in [0.05, 0.1) is 0 Å². The van der Waals surface area contributed by atoms with Crippen LogP contribution in [0.4, 0.5) is 0 Å². The second kappa shape index (κ2) is 46.5. The SMILES string of the molecule is CCCCCCCCN(CCCCCCCC)C(C)CCCCC(=O)[O-].CCCCCCCCN(CCCCCCCC)C(C)CCCCC(=O)[O-].[Ca+2]. The predicted octanol–water partition coefficient (Wildman–Crippen LogP) is 11.0. The summed E-state index contributed by atoms with van der Waals surface area (Å²) < 4.78 is 0. The van der Waals surface area contributed by atoms with Crippen molar-refractivity contribution in [3.05, 3.63) is 0 Å². The van der Waals surface area contributed by atoms with Crippen LogP contribution in [0.25, 0.3) is 0 Å². The van der Waals surface area contributed by atoms with E-state index in [9.17, 15) is 19.8 Å². The third-order valence-electron chi connectivity index (χ3n) is 10.9. The van der Waals surface area contributed by atoms with Gasteiger partial charge in [0.1, 0.15) is 0 Å². The zero-order valence-electron chi connectivity index (χ0n) is 36.8. The van der Waals surface area contributed by atoms with Gasteiger partial charge in [-0.3, -0.25) is 0 Å². The molecule has 0 aliphatic carbocycles. The Bertz CT molecular complexity index is 648.